The molecule has 0 aliphatic carbocycles. The van der Waals surface area contributed by atoms with E-state index in [1.54, 1.807) is 22.9 Å². The smallest absolute Gasteiger partial charge is 0.269 e. The molecule has 0 amide bonds. The van der Waals surface area contributed by atoms with Crippen molar-refractivity contribution in [3.05, 3.63) is 45.9 Å². The van der Waals surface area contributed by atoms with Crippen molar-refractivity contribution >= 4 is 0 Å². The number of H-pyrrole nitrogens is 1. The van der Waals surface area contributed by atoms with Crippen LogP contribution in [0.4, 0.5) is 0 Å². The Labute approximate surface area is 91.3 Å². The molecule has 2 aromatic rings. The van der Waals surface area contributed by atoms with Crippen molar-refractivity contribution in [1.82, 2.24) is 15.1 Å². The SMILES string of the molecule is O=c1[nH]n(-c2ccccc2O)c2c1CNC2. The molecule has 0 radical (unpaired) electrons. The van der Waals surface area contributed by atoms with Crippen LogP contribution in [-0.4, -0.2) is 14.9 Å². The number of nitrogens with zero attached hydrogens (tertiary/aromatic N) is 1. The van der Waals surface area contributed by atoms with E-state index in [-0.39, 0.29) is 11.3 Å². The van der Waals surface area contributed by atoms with Crippen LogP contribution in [0.5, 0.6) is 5.75 Å². The molecular formula is C11H11N3O2. The Bertz CT molecular complexity index is 598. The lowest BCUT2D eigenvalue weighted by Crippen LogP contribution is -2.13. The number of aromatic amines is 1. The third kappa shape index (κ3) is 1.18. The standard InChI is InChI=1S/C11H11N3O2/c15-10-4-2-1-3-8(10)14-9-6-12-5-7(9)11(16)13-14/h1-4,12,15H,5-6H2,(H,13,16). The number of para-hydroxylation sites is 2. The first kappa shape index (κ1) is 9.23. The molecule has 2 heterocycles. The first-order valence-corrected chi connectivity index (χ1v) is 5.09. The largest absolute Gasteiger partial charge is 0.506 e. The van der Waals surface area contributed by atoms with Gasteiger partial charge in [-0.2, -0.15) is 0 Å². The Balaban J connectivity index is 2.25. The van der Waals surface area contributed by atoms with Crippen molar-refractivity contribution in [1.29, 1.82) is 0 Å². The van der Waals surface area contributed by atoms with E-state index in [9.17, 15) is 9.90 Å². The fraction of sp³-hybridized carbons (Fsp3) is 0.182. The van der Waals surface area contributed by atoms with E-state index in [0.717, 1.165) is 11.3 Å². The highest BCUT2D eigenvalue weighted by Gasteiger charge is 2.21. The second kappa shape index (κ2) is 3.24. The summed E-state index contributed by atoms with van der Waals surface area (Å²) in [6.07, 6.45) is 0. The zero-order valence-electron chi connectivity index (χ0n) is 8.53. The minimum atomic E-state index is -0.0942. The molecule has 0 saturated carbocycles. The number of hydrogen-bond donors (Lipinski definition) is 3. The minimum absolute atomic E-state index is 0.0942. The Morgan fingerprint density at radius 1 is 1.25 bits per heavy atom. The van der Waals surface area contributed by atoms with Gasteiger partial charge in [0, 0.05) is 13.1 Å². The van der Waals surface area contributed by atoms with Crippen molar-refractivity contribution in [3.8, 4) is 11.4 Å². The average Bonchev–Trinajstić information content (AvgIpc) is 2.84. The van der Waals surface area contributed by atoms with Crippen molar-refractivity contribution in [2.24, 2.45) is 0 Å². The van der Waals surface area contributed by atoms with E-state index in [1.165, 1.54) is 0 Å². The number of benzene rings is 1. The lowest BCUT2D eigenvalue weighted by Gasteiger charge is -2.07. The summed E-state index contributed by atoms with van der Waals surface area (Å²) in [4.78, 5) is 11.6. The fourth-order valence-corrected chi connectivity index (χ4v) is 2.04. The quantitative estimate of drug-likeness (QED) is 0.650. The molecule has 1 aromatic carbocycles. The van der Waals surface area contributed by atoms with E-state index < -0.39 is 0 Å². The van der Waals surface area contributed by atoms with Gasteiger partial charge in [-0.05, 0) is 12.1 Å². The number of aromatic nitrogens is 2. The fourth-order valence-electron chi connectivity index (χ4n) is 2.04. The summed E-state index contributed by atoms with van der Waals surface area (Å²) in [7, 11) is 0. The molecule has 3 N–H and O–H groups in total. The van der Waals surface area contributed by atoms with Crippen LogP contribution in [0.1, 0.15) is 11.3 Å². The lowest BCUT2D eigenvalue weighted by molar-refractivity contribution is 0.469. The first-order chi connectivity index (χ1) is 7.77. The van der Waals surface area contributed by atoms with E-state index in [1.807, 2.05) is 6.07 Å². The van der Waals surface area contributed by atoms with Gasteiger partial charge in [-0.3, -0.25) is 14.6 Å². The van der Waals surface area contributed by atoms with Gasteiger partial charge in [-0.15, -0.1) is 0 Å². The molecule has 0 atom stereocenters. The van der Waals surface area contributed by atoms with Gasteiger partial charge >= 0.3 is 0 Å². The Kier molecular flexibility index (Phi) is 1.87. The van der Waals surface area contributed by atoms with Gasteiger partial charge < -0.3 is 10.4 Å². The van der Waals surface area contributed by atoms with Crippen LogP contribution >= 0.6 is 0 Å². The summed E-state index contributed by atoms with van der Waals surface area (Å²) >= 11 is 0. The lowest BCUT2D eigenvalue weighted by atomic mass is 10.2. The van der Waals surface area contributed by atoms with Crippen molar-refractivity contribution < 1.29 is 5.11 Å². The normalized spacial score (nSPS) is 14.0. The highest BCUT2D eigenvalue weighted by Crippen LogP contribution is 2.23. The number of phenolic OH excluding ortho intramolecular Hbond substituents is 1. The molecule has 82 valence electrons. The molecule has 1 aliphatic rings. The zero-order valence-corrected chi connectivity index (χ0v) is 8.53. The van der Waals surface area contributed by atoms with Crippen LogP contribution in [-0.2, 0) is 13.1 Å². The third-order valence-electron chi connectivity index (χ3n) is 2.82. The highest BCUT2D eigenvalue weighted by atomic mass is 16.3. The average molecular weight is 217 g/mol. The number of fused-ring (bicyclic) bond motifs is 1. The molecule has 0 spiro atoms. The summed E-state index contributed by atoms with van der Waals surface area (Å²) in [5, 5.41) is 15.6. The predicted octanol–water partition coefficient (Wildman–Crippen LogP) is 0.474. The molecule has 0 saturated heterocycles. The number of phenols is 1. The topological polar surface area (TPSA) is 70.0 Å². The molecule has 5 nitrogen and oxygen atoms in total. The summed E-state index contributed by atoms with van der Waals surface area (Å²) in [6, 6.07) is 6.94. The molecule has 5 heteroatoms. The van der Waals surface area contributed by atoms with Gasteiger partial charge in [0.25, 0.3) is 5.56 Å². The monoisotopic (exact) mass is 217 g/mol. The maximum Gasteiger partial charge on any atom is 0.269 e. The van der Waals surface area contributed by atoms with Crippen LogP contribution in [0.25, 0.3) is 5.69 Å². The molecule has 1 aliphatic heterocycles. The van der Waals surface area contributed by atoms with E-state index in [0.29, 0.717) is 18.8 Å². The van der Waals surface area contributed by atoms with Crippen molar-refractivity contribution in [2.75, 3.05) is 0 Å². The molecular weight excluding hydrogens is 206 g/mol. The van der Waals surface area contributed by atoms with E-state index in [4.69, 9.17) is 0 Å². The van der Waals surface area contributed by atoms with Crippen molar-refractivity contribution in [2.45, 2.75) is 13.1 Å². The number of nitrogens with one attached hydrogen (secondary N) is 2. The Morgan fingerprint density at radius 3 is 2.88 bits per heavy atom. The van der Waals surface area contributed by atoms with E-state index in [2.05, 4.69) is 10.4 Å². The van der Waals surface area contributed by atoms with Gasteiger partial charge in [-0.25, -0.2) is 0 Å². The number of aromatic hydroxyl groups is 1. The Morgan fingerprint density at radius 2 is 2.06 bits per heavy atom. The molecule has 3 rings (SSSR count). The molecule has 0 fully saturated rings. The Hall–Kier alpha value is -2.01. The third-order valence-corrected chi connectivity index (χ3v) is 2.82. The van der Waals surface area contributed by atoms with Crippen LogP contribution in [0, 0.1) is 0 Å². The maximum atomic E-state index is 11.6. The molecule has 0 bridgehead atoms. The van der Waals surface area contributed by atoms with Gasteiger partial charge in [0.15, 0.2) is 0 Å². The van der Waals surface area contributed by atoms with Crippen LogP contribution in [0.15, 0.2) is 29.1 Å². The predicted molar refractivity (Wildman–Crippen MR) is 58.6 cm³/mol. The van der Waals surface area contributed by atoms with Gasteiger partial charge in [0.2, 0.25) is 0 Å². The van der Waals surface area contributed by atoms with Gasteiger partial charge in [0.1, 0.15) is 11.4 Å². The second-order valence-corrected chi connectivity index (χ2v) is 3.79. The molecule has 1 aromatic heterocycles. The summed E-state index contributed by atoms with van der Waals surface area (Å²) < 4.78 is 1.65. The zero-order chi connectivity index (χ0) is 11.1. The highest BCUT2D eigenvalue weighted by molar-refractivity contribution is 5.47. The molecule has 16 heavy (non-hydrogen) atoms. The maximum absolute atomic E-state index is 11.6. The van der Waals surface area contributed by atoms with Crippen LogP contribution < -0.4 is 10.9 Å². The first-order valence-electron chi connectivity index (χ1n) is 5.09. The van der Waals surface area contributed by atoms with Gasteiger partial charge in [0.05, 0.1) is 11.3 Å². The van der Waals surface area contributed by atoms with Gasteiger partial charge in [-0.1, -0.05) is 12.1 Å². The molecule has 0 unspecified atom stereocenters. The summed E-state index contributed by atoms with van der Waals surface area (Å²) in [6.45, 7) is 1.23. The number of rotatable bonds is 1. The van der Waals surface area contributed by atoms with E-state index >= 15 is 0 Å². The van der Waals surface area contributed by atoms with Crippen LogP contribution in [0.3, 0.4) is 0 Å². The second-order valence-electron chi connectivity index (χ2n) is 3.79. The number of hydrogen-bond acceptors (Lipinski definition) is 3. The van der Waals surface area contributed by atoms with Crippen molar-refractivity contribution in [3.63, 3.8) is 0 Å². The van der Waals surface area contributed by atoms with Crippen LogP contribution in [0.2, 0.25) is 0 Å². The minimum Gasteiger partial charge on any atom is -0.506 e. The summed E-state index contributed by atoms with van der Waals surface area (Å²) in [5.74, 6) is 0.156. The summed E-state index contributed by atoms with van der Waals surface area (Å²) in [5.41, 5.74) is 2.16.